The monoisotopic (exact) mass is 226 g/mol. The molecule has 78 valence electrons. The average molecular weight is 226 g/mol. The number of hydrogen-bond donors (Lipinski definition) is 1. The molecule has 0 fully saturated rings. The molecule has 0 saturated carbocycles. The normalized spacial score (nSPS) is 10.3. The van der Waals surface area contributed by atoms with Crippen molar-refractivity contribution in [3.8, 4) is 16.3 Å². The van der Waals surface area contributed by atoms with Crippen molar-refractivity contribution in [3.63, 3.8) is 0 Å². The predicted molar refractivity (Wildman–Crippen MR) is 54.7 cm³/mol. The number of nitrogens with zero attached hydrogens (tertiary/aromatic N) is 1. The Morgan fingerprint density at radius 1 is 1.53 bits per heavy atom. The second kappa shape index (κ2) is 3.82. The van der Waals surface area contributed by atoms with Crippen LogP contribution in [0.15, 0.2) is 23.0 Å². The van der Waals surface area contributed by atoms with Crippen molar-refractivity contribution >= 4 is 11.3 Å². The standard InChI is InChI=1S/C9H7FN2O2S/c1-14-7-3-2-5(10)4-6(7)8-11-12-9(13)15-8/h2-4H,1H3,(H,12,13). The lowest BCUT2D eigenvalue weighted by atomic mass is 10.2. The fraction of sp³-hybridized carbons (Fsp3) is 0.111. The lowest BCUT2D eigenvalue weighted by Crippen LogP contribution is -1.90. The first-order valence-electron chi connectivity index (χ1n) is 4.10. The molecule has 6 heteroatoms. The quantitative estimate of drug-likeness (QED) is 0.847. The van der Waals surface area contributed by atoms with E-state index in [1.54, 1.807) is 0 Å². The zero-order valence-electron chi connectivity index (χ0n) is 7.78. The third-order valence-electron chi connectivity index (χ3n) is 1.83. The smallest absolute Gasteiger partial charge is 0.322 e. The molecule has 1 aromatic heterocycles. The highest BCUT2D eigenvalue weighted by atomic mass is 32.1. The minimum absolute atomic E-state index is 0.281. The Kier molecular flexibility index (Phi) is 2.51. The molecule has 0 amide bonds. The molecule has 0 atom stereocenters. The van der Waals surface area contributed by atoms with Crippen molar-refractivity contribution in [1.29, 1.82) is 0 Å². The van der Waals surface area contributed by atoms with Crippen molar-refractivity contribution in [3.05, 3.63) is 33.7 Å². The molecule has 0 radical (unpaired) electrons. The first-order chi connectivity index (χ1) is 7.20. The van der Waals surface area contributed by atoms with Gasteiger partial charge in [0.15, 0.2) is 5.01 Å². The number of halogens is 1. The first kappa shape index (κ1) is 9.85. The minimum atomic E-state index is -0.395. The second-order valence-electron chi connectivity index (χ2n) is 2.76. The molecule has 0 unspecified atom stereocenters. The Morgan fingerprint density at radius 2 is 2.33 bits per heavy atom. The average Bonchev–Trinajstić information content (AvgIpc) is 2.65. The highest BCUT2D eigenvalue weighted by molar-refractivity contribution is 7.12. The fourth-order valence-electron chi connectivity index (χ4n) is 1.19. The van der Waals surface area contributed by atoms with Crippen molar-refractivity contribution in [2.75, 3.05) is 7.11 Å². The van der Waals surface area contributed by atoms with Gasteiger partial charge in [0, 0.05) is 0 Å². The summed E-state index contributed by atoms with van der Waals surface area (Å²) >= 11 is 0.910. The number of methoxy groups -OCH3 is 1. The zero-order valence-corrected chi connectivity index (χ0v) is 8.60. The van der Waals surface area contributed by atoms with Crippen LogP contribution in [0.2, 0.25) is 0 Å². The Morgan fingerprint density at radius 3 is 2.93 bits per heavy atom. The summed E-state index contributed by atoms with van der Waals surface area (Å²) in [5.74, 6) is 0.0904. The summed E-state index contributed by atoms with van der Waals surface area (Å²) in [5.41, 5.74) is 0.473. The topological polar surface area (TPSA) is 55.0 Å². The number of aromatic amines is 1. The van der Waals surface area contributed by atoms with Gasteiger partial charge in [-0.3, -0.25) is 4.79 Å². The molecule has 4 nitrogen and oxygen atoms in total. The van der Waals surface area contributed by atoms with E-state index < -0.39 is 5.82 Å². The van der Waals surface area contributed by atoms with Crippen molar-refractivity contribution in [2.24, 2.45) is 0 Å². The molecule has 0 bridgehead atoms. The third kappa shape index (κ3) is 1.89. The Bertz CT molecular complexity index is 535. The maximum Gasteiger partial charge on any atom is 0.322 e. The van der Waals surface area contributed by atoms with Gasteiger partial charge in [-0.1, -0.05) is 11.3 Å². The van der Waals surface area contributed by atoms with Crippen LogP contribution in [0, 0.1) is 5.82 Å². The van der Waals surface area contributed by atoms with Gasteiger partial charge < -0.3 is 4.74 Å². The van der Waals surface area contributed by atoms with Crippen molar-refractivity contribution in [1.82, 2.24) is 10.2 Å². The number of rotatable bonds is 2. The predicted octanol–water partition coefficient (Wildman–Crippen LogP) is 1.65. The summed E-state index contributed by atoms with van der Waals surface area (Å²) in [5, 5.41) is 6.46. The number of ether oxygens (including phenoxy) is 1. The van der Waals surface area contributed by atoms with Gasteiger partial charge in [-0.2, -0.15) is 5.10 Å². The molecule has 2 rings (SSSR count). The molecule has 0 aliphatic rings. The van der Waals surface area contributed by atoms with Gasteiger partial charge in [0.05, 0.1) is 12.7 Å². The number of aromatic nitrogens is 2. The number of nitrogens with one attached hydrogen (secondary N) is 1. The Labute approximate surface area is 88.3 Å². The van der Waals surface area contributed by atoms with Crippen LogP contribution in [0.1, 0.15) is 0 Å². The van der Waals surface area contributed by atoms with Gasteiger partial charge in [-0.25, -0.2) is 9.49 Å². The lowest BCUT2D eigenvalue weighted by Gasteiger charge is -2.04. The van der Waals surface area contributed by atoms with E-state index in [2.05, 4.69) is 10.2 Å². The maximum atomic E-state index is 13.0. The van der Waals surface area contributed by atoms with Crippen molar-refractivity contribution in [2.45, 2.75) is 0 Å². The summed E-state index contributed by atoms with van der Waals surface area (Å²) in [6.07, 6.45) is 0. The van der Waals surface area contributed by atoms with Gasteiger partial charge in [0.2, 0.25) is 0 Å². The van der Waals surface area contributed by atoms with Crippen molar-refractivity contribution < 1.29 is 9.13 Å². The van der Waals surface area contributed by atoms with Crippen LogP contribution in [0.25, 0.3) is 10.6 Å². The minimum Gasteiger partial charge on any atom is -0.496 e. The molecule has 1 N–H and O–H groups in total. The third-order valence-corrected chi connectivity index (χ3v) is 2.61. The summed E-state index contributed by atoms with van der Waals surface area (Å²) < 4.78 is 18.1. The first-order valence-corrected chi connectivity index (χ1v) is 4.92. The van der Waals surface area contributed by atoms with Crippen LogP contribution in [-0.4, -0.2) is 17.3 Å². The zero-order chi connectivity index (χ0) is 10.8. The highest BCUT2D eigenvalue weighted by Gasteiger charge is 2.10. The summed E-state index contributed by atoms with van der Waals surface area (Å²) in [7, 11) is 1.48. The molecule has 15 heavy (non-hydrogen) atoms. The SMILES string of the molecule is COc1ccc(F)cc1-c1n[nH]c(=O)s1. The van der Waals surface area contributed by atoms with E-state index in [1.807, 2.05) is 0 Å². The van der Waals surface area contributed by atoms with E-state index in [1.165, 1.54) is 25.3 Å². The van der Waals surface area contributed by atoms with Crippen LogP contribution >= 0.6 is 11.3 Å². The molecule has 0 aliphatic heterocycles. The lowest BCUT2D eigenvalue weighted by molar-refractivity contribution is 0.415. The Balaban J connectivity index is 2.59. The van der Waals surface area contributed by atoms with E-state index in [0.29, 0.717) is 16.3 Å². The molecule has 0 spiro atoms. The highest BCUT2D eigenvalue weighted by Crippen LogP contribution is 2.30. The number of hydrogen-bond acceptors (Lipinski definition) is 4. The molecule has 0 aliphatic carbocycles. The van der Waals surface area contributed by atoms with E-state index in [-0.39, 0.29) is 4.87 Å². The summed E-state index contributed by atoms with van der Waals surface area (Å²) in [6.45, 7) is 0. The van der Waals surface area contributed by atoms with Gasteiger partial charge in [0.1, 0.15) is 11.6 Å². The Hall–Kier alpha value is -1.69. The van der Waals surface area contributed by atoms with E-state index in [4.69, 9.17) is 4.74 Å². The van der Waals surface area contributed by atoms with Crippen LogP contribution in [0.5, 0.6) is 5.75 Å². The molecule has 1 aromatic carbocycles. The van der Waals surface area contributed by atoms with Gasteiger partial charge in [0.25, 0.3) is 0 Å². The molecular formula is C9H7FN2O2S. The van der Waals surface area contributed by atoms with E-state index in [0.717, 1.165) is 11.3 Å². The largest absolute Gasteiger partial charge is 0.496 e. The summed E-state index contributed by atoms with van der Waals surface area (Å²) in [4.78, 5) is 10.6. The number of benzene rings is 1. The van der Waals surface area contributed by atoms with Gasteiger partial charge in [-0.05, 0) is 18.2 Å². The van der Waals surface area contributed by atoms with Crippen LogP contribution in [0.4, 0.5) is 4.39 Å². The molecule has 1 heterocycles. The second-order valence-corrected chi connectivity index (χ2v) is 3.72. The van der Waals surface area contributed by atoms with Gasteiger partial charge >= 0.3 is 4.87 Å². The van der Waals surface area contributed by atoms with E-state index >= 15 is 0 Å². The van der Waals surface area contributed by atoms with Crippen LogP contribution in [0.3, 0.4) is 0 Å². The van der Waals surface area contributed by atoms with Crippen LogP contribution < -0.4 is 9.61 Å². The molecular weight excluding hydrogens is 219 g/mol. The van der Waals surface area contributed by atoms with E-state index in [9.17, 15) is 9.18 Å². The van der Waals surface area contributed by atoms with Crippen LogP contribution in [-0.2, 0) is 0 Å². The molecule has 2 aromatic rings. The molecule has 0 saturated heterocycles. The van der Waals surface area contributed by atoms with Gasteiger partial charge in [-0.15, -0.1) is 0 Å². The summed E-state index contributed by atoms with van der Waals surface area (Å²) in [6, 6.07) is 4.07. The number of H-pyrrole nitrogens is 1. The fourth-order valence-corrected chi connectivity index (χ4v) is 1.82. The maximum absolute atomic E-state index is 13.0.